The first-order chi connectivity index (χ1) is 13.2. The molecule has 2 aromatic carbocycles. The number of benzene rings is 2. The fourth-order valence-corrected chi connectivity index (χ4v) is 4.10. The van der Waals surface area contributed by atoms with Crippen molar-refractivity contribution in [3.05, 3.63) is 63.1 Å². The first-order valence-electron chi connectivity index (χ1n) is 8.64. The van der Waals surface area contributed by atoms with E-state index >= 15 is 0 Å². The van der Waals surface area contributed by atoms with Gasteiger partial charge in [0.05, 0.1) is 11.4 Å². The third-order valence-electron chi connectivity index (χ3n) is 4.46. The quantitative estimate of drug-likeness (QED) is 0.430. The minimum Gasteiger partial charge on any atom is -0.377 e. The lowest BCUT2D eigenvalue weighted by Crippen LogP contribution is -2.54. The zero-order valence-electron chi connectivity index (χ0n) is 16.0. The number of hydrogen-bond donors (Lipinski definition) is 1. The molecule has 0 unspecified atom stereocenters. The molecule has 1 saturated heterocycles. The largest absolute Gasteiger partial charge is 0.377 e. The maximum atomic E-state index is 13.1. The van der Waals surface area contributed by atoms with Crippen LogP contribution in [0.3, 0.4) is 0 Å². The number of anilines is 2. The predicted molar refractivity (Wildman–Crippen MR) is 121 cm³/mol. The number of carbonyl (C=O) groups excluding carboxylic acids is 2. The van der Waals surface area contributed by atoms with Crippen LogP contribution in [0.1, 0.15) is 16.7 Å². The Balaban J connectivity index is 2.02. The van der Waals surface area contributed by atoms with Crippen LogP contribution in [0.2, 0.25) is 0 Å². The van der Waals surface area contributed by atoms with Gasteiger partial charge in [-0.2, -0.15) is 0 Å². The molecule has 0 saturated carbocycles. The number of carbonyl (C=O) groups is 2. The van der Waals surface area contributed by atoms with Crippen LogP contribution in [0.25, 0.3) is 6.08 Å². The summed E-state index contributed by atoms with van der Waals surface area (Å²) >= 11 is 8.80. The molecular formula is C21H20BrN3O2S. The maximum absolute atomic E-state index is 13.1. The van der Waals surface area contributed by atoms with Gasteiger partial charge in [0.25, 0.3) is 11.8 Å². The second-order valence-electron chi connectivity index (χ2n) is 6.85. The number of nitrogens with zero attached hydrogens (tertiary/aromatic N) is 2. The highest BCUT2D eigenvalue weighted by molar-refractivity contribution is 9.10. The Morgan fingerprint density at radius 3 is 2.43 bits per heavy atom. The second kappa shape index (κ2) is 7.85. The summed E-state index contributed by atoms with van der Waals surface area (Å²) in [7, 11) is 3.89. The van der Waals surface area contributed by atoms with Crippen molar-refractivity contribution in [2.45, 2.75) is 13.8 Å². The molecule has 0 spiro atoms. The average Bonchev–Trinajstić information content (AvgIpc) is 2.60. The molecule has 2 aromatic rings. The molecule has 1 heterocycles. The SMILES string of the molecule is Cc1ccc(N2C(=O)/C(=C\c3ccc(N(C)C)c(Br)c3)C(=O)NC2=S)c(C)c1. The Morgan fingerprint density at radius 1 is 1.11 bits per heavy atom. The monoisotopic (exact) mass is 457 g/mol. The molecule has 1 aliphatic rings. The van der Waals surface area contributed by atoms with Crippen molar-refractivity contribution in [2.24, 2.45) is 0 Å². The summed E-state index contributed by atoms with van der Waals surface area (Å²) in [6.45, 7) is 3.89. The highest BCUT2D eigenvalue weighted by atomic mass is 79.9. The van der Waals surface area contributed by atoms with Gasteiger partial charge < -0.3 is 4.90 Å². The predicted octanol–water partition coefficient (Wildman–Crippen LogP) is 3.96. The third-order valence-corrected chi connectivity index (χ3v) is 5.38. The molecule has 0 radical (unpaired) electrons. The molecule has 3 rings (SSSR count). The molecule has 2 amide bonds. The topological polar surface area (TPSA) is 52.7 Å². The van der Waals surface area contributed by atoms with E-state index in [2.05, 4.69) is 21.2 Å². The van der Waals surface area contributed by atoms with Crippen LogP contribution in [-0.2, 0) is 9.59 Å². The fraction of sp³-hybridized carbons (Fsp3) is 0.190. The Labute approximate surface area is 178 Å². The third kappa shape index (κ3) is 3.86. The van der Waals surface area contributed by atoms with Crippen molar-refractivity contribution in [1.82, 2.24) is 5.32 Å². The van der Waals surface area contributed by atoms with E-state index < -0.39 is 11.8 Å². The Morgan fingerprint density at radius 2 is 1.82 bits per heavy atom. The van der Waals surface area contributed by atoms with E-state index in [1.807, 2.05) is 69.2 Å². The van der Waals surface area contributed by atoms with Gasteiger partial charge in [0, 0.05) is 18.6 Å². The minimum atomic E-state index is -0.496. The van der Waals surface area contributed by atoms with Gasteiger partial charge in [0.1, 0.15) is 5.57 Å². The molecule has 0 aliphatic carbocycles. The van der Waals surface area contributed by atoms with Crippen LogP contribution in [0.5, 0.6) is 0 Å². The molecule has 28 heavy (non-hydrogen) atoms. The molecule has 1 fully saturated rings. The van der Waals surface area contributed by atoms with Crippen LogP contribution in [0.15, 0.2) is 46.4 Å². The van der Waals surface area contributed by atoms with E-state index in [4.69, 9.17) is 12.2 Å². The van der Waals surface area contributed by atoms with E-state index in [0.717, 1.165) is 26.9 Å². The Bertz CT molecular complexity index is 1030. The smallest absolute Gasteiger partial charge is 0.270 e. The molecule has 5 nitrogen and oxygen atoms in total. The minimum absolute atomic E-state index is 0.0399. The summed E-state index contributed by atoms with van der Waals surface area (Å²) in [5, 5.41) is 2.71. The van der Waals surface area contributed by atoms with Gasteiger partial charge >= 0.3 is 0 Å². The van der Waals surface area contributed by atoms with Crippen molar-refractivity contribution in [2.75, 3.05) is 23.9 Å². The second-order valence-corrected chi connectivity index (χ2v) is 8.09. The molecule has 0 aromatic heterocycles. The number of amides is 2. The molecule has 1 aliphatic heterocycles. The van der Waals surface area contributed by atoms with Gasteiger partial charge in [-0.1, -0.05) is 23.8 Å². The zero-order valence-corrected chi connectivity index (χ0v) is 18.4. The molecule has 1 N–H and O–H groups in total. The van der Waals surface area contributed by atoms with Gasteiger partial charge in [0.15, 0.2) is 5.11 Å². The fourth-order valence-electron chi connectivity index (χ4n) is 3.07. The van der Waals surface area contributed by atoms with Gasteiger partial charge in [-0.3, -0.25) is 19.8 Å². The highest BCUT2D eigenvalue weighted by Gasteiger charge is 2.35. The lowest BCUT2D eigenvalue weighted by atomic mass is 10.0. The van der Waals surface area contributed by atoms with Gasteiger partial charge in [-0.15, -0.1) is 0 Å². The first-order valence-corrected chi connectivity index (χ1v) is 9.84. The van der Waals surface area contributed by atoms with Crippen molar-refractivity contribution in [3.8, 4) is 0 Å². The van der Waals surface area contributed by atoms with E-state index in [0.29, 0.717) is 5.69 Å². The standard InChI is InChI=1S/C21H20BrN3O2S/c1-12-5-7-17(13(2)9-12)25-20(27)15(19(26)23-21(25)28)10-14-6-8-18(24(3)4)16(22)11-14/h5-11H,1-4H3,(H,23,26,28)/b15-10-. The summed E-state index contributed by atoms with van der Waals surface area (Å²) in [6.07, 6.45) is 1.58. The van der Waals surface area contributed by atoms with E-state index in [-0.39, 0.29) is 10.7 Å². The van der Waals surface area contributed by atoms with E-state index in [9.17, 15) is 9.59 Å². The van der Waals surface area contributed by atoms with Crippen molar-refractivity contribution >= 4 is 62.5 Å². The number of aryl methyl sites for hydroxylation is 2. The summed E-state index contributed by atoms with van der Waals surface area (Å²) in [4.78, 5) is 28.9. The summed E-state index contributed by atoms with van der Waals surface area (Å²) < 4.78 is 0.872. The number of thiocarbonyl (C=S) groups is 1. The zero-order chi connectivity index (χ0) is 20.6. The van der Waals surface area contributed by atoms with Crippen LogP contribution < -0.4 is 15.1 Å². The van der Waals surface area contributed by atoms with E-state index in [1.165, 1.54) is 4.90 Å². The van der Waals surface area contributed by atoms with Gasteiger partial charge in [0.2, 0.25) is 0 Å². The number of hydrogen-bond acceptors (Lipinski definition) is 4. The van der Waals surface area contributed by atoms with Crippen molar-refractivity contribution in [3.63, 3.8) is 0 Å². The number of nitrogens with one attached hydrogen (secondary N) is 1. The van der Waals surface area contributed by atoms with Crippen LogP contribution in [0.4, 0.5) is 11.4 Å². The van der Waals surface area contributed by atoms with Crippen LogP contribution in [-0.4, -0.2) is 31.0 Å². The molecular weight excluding hydrogens is 438 g/mol. The molecule has 0 atom stereocenters. The number of rotatable bonds is 3. The first kappa shape index (κ1) is 20.2. The Kier molecular flexibility index (Phi) is 5.67. The van der Waals surface area contributed by atoms with Crippen LogP contribution in [0, 0.1) is 13.8 Å². The van der Waals surface area contributed by atoms with Crippen molar-refractivity contribution < 1.29 is 9.59 Å². The lowest BCUT2D eigenvalue weighted by Gasteiger charge is -2.30. The van der Waals surface area contributed by atoms with E-state index in [1.54, 1.807) is 6.08 Å². The van der Waals surface area contributed by atoms with Gasteiger partial charge in [-0.05, 0) is 77.4 Å². The molecule has 7 heteroatoms. The number of halogens is 1. The summed E-state index contributed by atoms with van der Waals surface area (Å²) in [6, 6.07) is 11.4. The average molecular weight is 458 g/mol. The lowest BCUT2D eigenvalue weighted by molar-refractivity contribution is -0.122. The summed E-state index contributed by atoms with van der Waals surface area (Å²) in [5.41, 5.74) is 4.43. The summed E-state index contributed by atoms with van der Waals surface area (Å²) in [5.74, 6) is -0.933. The van der Waals surface area contributed by atoms with Crippen molar-refractivity contribution in [1.29, 1.82) is 0 Å². The maximum Gasteiger partial charge on any atom is 0.270 e. The van der Waals surface area contributed by atoms with Gasteiger partial charge in [-0.25, -0.2) is 0 Å². The highest BCUT2D eigenvalue weighted by Crippen LogP contribution is 2.29. The molecule has 144 valence electrons. The normalized spacial score (nSPS) is 15.8. The Hall–Kier alpha value is -2.51. The van der Waals surface area contributed by atoms with Crippen LogP contribution >= 0.6 is 28.1 Å². The molecule has 0 bridgehead atoms.